The summed E-state index contributed by atoms with van der Waals surface area (Å²) in [5.41, 5.74) is 0.817. The molecule has 1 aromatic heterocycles. The number of benzene rings is 2. The van der Waals surface area contributed by atoms with Gasteiger partial charge in [-0.05, 0) is 30.0 Å². The van der Waals surface area contributed by atoms with Crippen molar-refractivity contribution in [2.75, 3.05) is 18.1 Å². The van der Waals surface area contributed by atoms with Crippen LogP contribution in [-0.2, 0) is 13.0 Å². The van der Waals surface area contributed by atoms with Gasteiger partial charge in [0, 0.05) is 24.9 Å². The standard InChI is InChI=1S/C21H27N5OS/c1-15(2)14-26-19(24-25-21(26)28-3)12-7-13-22-20(27)23-18-11-6-9-16-8-4-5-10-17(16)18/h4-6,8-11,15H,7,12-14H2,1-3H3,(H2,22,23,27). The molecule has 0 fully saturated rings. The Hall–Kier alpha value is -2.54. The monoisotopic (exact) mass is 397 g/mol. The molecule has 3 rings (SSSR count). The van der Waals surface area contributed by atoms with Crippen LogP contribution in [0.15, 0.2) is 47.6 Å². The predicted octanol–water partition coefficient (Wildman–Crippen LogP) is 4.56. The summed E-state index contributed by atoms with van der Waals surface area (Å²) in [6, 6.07) is 13.7. The molecule has 6 nitrogen and oxygen atoms in total. The maximum atomic E-state index is 12.3. The number of carbonyl (C=O) groups excluding carboxylic acids is 1. The first-order valence-corrected chi connectivity index (χ1v) is 10.8. The molecule has 28 heavy (non-hydrogen) atoms. The number of hydrogen-bond donors (Lipinski definition) is 2. The lowest BCUT2D eigenvalue weighted by molar-refractivity contribution is 0.252. The van der Waals surface area contributed by atoms with Crippen molar-refractivity contribution in [2.24, 2.45) is 5.92 Å². The van der Waals surface area contributed by atoms with Gasteiger partial charge < -0.3 is 15.2 Å². The zero-order valence-corrected chi connectivity index (χ0v) is 17.4. The molecule has 7 heteroatoms. The second-order valence-electron chi connectivity index (χ2n) is 7.12. The number of thioether (sulfide) groups is 1. The molecule has 0 radical (unpaired) electrons. The molecule has 0 bridgehead atoms. The average molecular weight is 398 g/mol. The molecule has 0 saturated heterocycles. The van der Waals surface area contributed by atoms with Crippen molar-refractivity contribution in [3.8, 4) is 0 Å². The normalized spacial score (nSPS) is 11.1. The summed E-state index contributed by atoms with van der Waals surface area (Å²) in [7, 11) is 0. The van der Waals surface area contributed by atoms with Crippen LogP contribution in [0.1, 0.15) is 26.1 Å². The number of aryl methyl sites for hydroxylation is 1. The quantitative estimate of drug-likeness (QED) is 0.432. The van der Waals surface area contributed by atoms with Gasteiger partial charge in [-0.3, -0.25) is 0 Å². The number of carbonyl (C=O) groups is 1. The highest BCUT2D eigenvalue weighted by molar-refractivity contribution is 7.98. The van der Waals surface area contributed by atoms with Crippen LogP contribution in [0.4, 0.5) is 10.5 Å². The van der Waals surface area contributed by atoms with Gasteiger partial charge >= 0.3 is 6.03 Å². The average Bonchev–Trinajstić information content (AvgIpc) is 3.06. The van der Waals surface area contributed by atoms with E-state index in [1.807, 2.05) is 48.7 Å². The Bertz CT molecular complexity index is 932. The Labute approximate surface area is 170 Å². The lowest BCUT2D eigenvalue weighted by atomic mass is 10.1. The minimum absolute atomic E-state index is 0.190. The molecule has 0 atom stereocenters. The third-order valence-electron chi connectivity index (χ3n) is 4.42. The van der Waals surface area contributed by atoms with Crippen molar-refractivity contribution in [1.82, 2.24) is 20.1 Å². The number of hydrogen-bond acceptors (Lipinski definition) is 4. The van der Waals surface area contributed by atoms with E-state index in [1.54, 1.807) is 11.8 Å². The van der Waals surface area contributed by atoms with Gasteiger partial charge in [-0.2, -0.15) is 0 Å². The Kier molecular flexibility index (Phi) is 6.92. The molecular formula is C21H27N5OS. The molecule has 0 unspecified atom stereocenters. The summed E-state index contributed by atoms with van der Waals surface area (Å²) in [6.07, 6.45) is 3.62. The van der Waals surface area contributed by atoms with E-state index in [-0.39, 0.29) is 6.03 Å². The van der Waals surface area contributed by atoms with Crippen LogP contribution >= 0.6 is 11.8 Å². The fourth-order valence-corrected chi connectivity index (χ4v) is 3.68. The largest absolute Gasteiger partial charge is 0.338 e. The molecule has 0 aliphatic heterocycles. The number of aromatic nitrogens is 3. The van der Waals surface area contributed by atoms with Crippen LogP contribution in [-0.4, -0.2) is 33.6 Å². The van der Waals surface area contributed by atoms with E-state index >= 15 is 0 Å². The maximum Gasteiger partial charge on any atom is 0.319 e. The number of amides is 2. The molecule has 1 heterocycles. The van der Waals surface area contributed by atoms with E-state index in [9.17, 15) is 4.79 Å². The van der Waals surface area contributed by atoms with Crippen molar-refractivity contribution < 1.29 is 4.79 Å². The van der Waals surface area contributed by atoms with Gasteiger partial charge in [0.25, 0.3) is 0 Å². The molecular weight excluding hydrogens is 370 g/mol. The SMILES string of the molecule is CSc1nnc(CCCNC(=O)Nc2cccc3ccccc23)n1CC(C)C. The van der Waals surface area contributed by atoms with Crippen LogP contribution in [0.2, 0.25) is 0 Å². The molecule has 148 valence electrons. The predicted molar refractivity (Wildman–Crippen MR) is 116 cm³/mol. The molecule has 3 aromatic rings. The van der Waals surface area contributed by atoms with E-state index in [0.29, 0.717) is 12.5 Å². The van der Waals surface area contributed by atoms with Gasteiger partial charge in [0.15, 0.2) is 5.16 Å². The summed E-state index contributed by atoms with van der Waals surface area (Å²) in [4.78, 5) is 12.3. The minimum Gasteiger partial charge on any atom is -0.338 e. The summed E-state index contributed by atoms with van der Waals surface area (Å²) < 4.78 is 2.19. The van der Waals surface area contributed by atoms with E-state index in [2.05, 4.69) is 39.2 Å². The van der Waals surface area contributed by atoms with Crippen LogP contribution in [0.3, 0.4) is 0 Å². The Balaban J connectivity index is 1.52. The van der Waals surface area contributed by atoms with Gasteiger partial charge in [0.2, 0.25) is 0 Å². The Morgan fingerprint density at radius 3 is 2.71 bits per heavy atom. The van der Waals surface area contributed by atoms with Crippen LogP contribution in [0, 0.1) is 5.92 Å². The first-order chi connectivity index (χ1) is 13.6. The number of nitrogens with zero attached hydrogens (tertiary/aromatic N) is 3. The second-order valence-corrected chi connectivity index (χ2v) is 7.89. The number of urea groups is 1. The summed E-state index contributed by atoms with van der Waals surface area (Å²) in [6.45, 7) is 5.87. The first kappa shape index (κ1) is 20.2. The molecule has 2 amide bonds. The van der Waals surface area contributed by atoms with Crippen molar-refractivity contribution in [1.29, 1.82) is 0 Å². The summed E-state index contributed by atoms with van der Waals surface area (Å²) >= 11 is 1.61. The number of rotatable bonds is 8. The molecule has 0 aliphatic carbocycles. The Morgan fingerprint density at radius 1 is 1.14 bits per heavy atom. The van der Waals surface area contributed by atoms with Crippen molar-refractivity contribution in [3.05, 3.63) is 48.3 Å². The van der Waals surface area contributed by atoms with Crippen molar-refractivity contribution in [3.63, 3.8) is 0 Å². The highest BCUT2D eigenvalue weighted by atomic mass is 32.2. The summed E-state index contributed by atoms with van der Waals surface area (Å²) in [5.74, 6) is 1.51. The van der Waals surface area contributed by atoms with E-state index in [4.69, 9.17) is 0 Å². The summed E-state index contributed by atoms with van der Waals surface area (Å²) in [5, 5.41) is 17.6. The zero-order valence-electron chi connectivity index (χ0n) is 16.6. The third-order valence-corrected chi connectivity index (χ3v) is 5.09. The van der Waals surface area contributed by atoms with Gasteiger partial charge in [0.1, 0.15) is 5.82 Å². The highest BCUT2D eigenvalue weighted by Crippen LogP contribution is 2.22. The highest BCUT2D eigenvalue weighted by Gasteiger charge is 2.12. The fraction of sp³-hybridized carbons (Fsp3) is 0.381. The van der Waals surface area contributed by atoms with Crippen LogP contribution in [0.5, 0.6) is 0 Å². The lowest BCUT2D eigenvalue weighted by Gasteiger charge is -2.12. The smallest absolute Gasteiger partial charge is 0.319 e. The van der Waals surface area contributed by atoms with E-state index in [0.717, 1.165) is 46.8 Å². The maximum absolute atomic E-state index is 12.3. The lowest BCUT2D eigenvalue weighted by Crippen LogP contribution is -2.30. The topological polar surface area (TPSA) is 71.8 Å². The first-order valence-electron chi connectivity index (χ1n) is 9.57. The van der Waals surface area contributed by atoms with Crippen molar-refractivity contribution in [2.45, 2.75) is 38.4 Å². The zero-order chi connectivity index (χ0) is 19.9. The van der Waals surface area contributed by atoms with Gasteiger partial charge in [-0.25, -0.2) is 4.79 Å². The van der Waals surface area contributed by atoms with Gasteiger partial charge in [-0.1, -0.05) is 62.0 Å². The van der Waals surface area contributed by atoms with Crippen molar-refractivity contribution >= 4 is 34.3 Å². The molecule has 2 aromatic carbocycles. The molecule has 0 spiro atoms. The minimum atomic E-state index is -0.190. The molecule has 2 N–H and O–H groups in total. The second kappa shape index (κ2) is 9.59. The number of nitrogens with one attached hydrogen (secondary N) is 2. The fourth-order valence-electron chi connectivity index (χ4n) is 3.15. The van der Waals surface area contributed by atoms with E-state index < -0.39 is 0 Å². The number of fused-ring (bicyclic) bond motifs is 1. The molecule has 0 saturated carbocycles. The van der Waals surface area contributed by atoms with Crippen LogP contribution < -0.4 is 10.6 Å². The van der Waals surface area contributed by atoms with Gasteiger partial charge in [0.05, 0.1) is 5.69 Å². The van der Waals surface area contributed by atoms with Gasteiger partial charge in [-0.15, -0.1) is 10.2 Å². The third kappa shape index (κ3) is 5.04. The number of anilines is 1. The van der Waals surface area contributed by atoms with Crippen LogP contribution in [0.25, 0.3) is 10.8 Å². The van der Waals surface area contributed by atoms with E-state index in [1.165, 1.54) is 0 Å². The molecule has 0 aliphatic rings. The Morgan fingerprint density at radius 2 is 1.93 bits per heavy atom.